The quantitative estimate of drug-likeness (QED) is 0.720. The third-order valence-corrected chi connectivity index (χ3v) is 1.93. The monoisotopic (exact) mass is 229 g/mol. The van der Waals surface area contributed by atoms with E-state index in [9.17, 15) is 5.11 Å². The minimum absolute atomic E-state index is 0.528. The van der Waals surface area contributed by atoms with Gasteiger partial charge in [0.2, 0.25) is 0 Å². The van der Waals surface area contributed by atoms with Gasteiger partial charge in [0.15, 0.2) is 10.7 Å². The van der Waals surface area contributed by atoms with Crippen LogP contribution < -0.4 is 0 Å². The molecule has 0 aliphatic carbocycles. The van der Waals surface area contributed by atoms with Crippen molar-refractivity contribution in [1.82, 2.24) is 15.0 Å². The Morgan fingerprint density at radius 2 is 2.33 bits per heavy atom. The number of aryl methyl sites for hydroxylation is 1. The van der Waals surface area contributed by atoms with Gasteiger partial charge in [0.05, 0.1) is 0 Å². The molecule has 1 heterocycles. The molecule has 0 aliphatic heterocycles. The highest BCUT2D eigenvalue weighted by Crippen LogP contribution is 2.19. The SMILES string of the molecule is CC#CC(O)c1c(Br)nnn1C. The van der Waals surface area contributed by atoms with Crippen LogP contribution in [0.4, 0.5) is 0 Å². The van der Waals surface area contributed by atoms with E-state index < -0.39 is 6.10 Å². The highest BCUT2D eigenvalue weighted by Gasteiger charge is 2.14. The van der Waals surface area contributed by atoms with Gasteiger partial charge in [-0.25, -0.2) is 4.68 Å². The Hall–Kier alpha value is -0.860. The van der Waals surface area contributed by atoms with Gasteiger partial charge < -0.3 is 5.11 Å². The molecule has 0 amide bonds. The number of aliphatic hydroxyl groups is 1. The lowest BCUT2D eigenvalue weighted by molar-refractivity contribution is 0.226. The highest BCUT2D eigenvalue weighted by molar-refractivity contribution is 9.10. The molecule has 12 heavy (non-hydrogen) atoms. The third kappa shape index (κ3) is 1.65. The van der Waals surface area contributed by atoms with Crippen LogP contribution >= 0.6 is 15.9 Å². The minimum Gasteiger partial charge on any atom is -0.374 e. The number of nitrogens with zero attached hydrogens (tertiary/aromatic N) is 3. The van der Waals surface area contributed by atoms with E-state index in [1.54, 1.807) is 14.0 Å². The van der Waals surface area contributed by atoms with Crippen LogP contribution in [-0.4, -0.2) is 20.1 Å². The molecule has 1 N–H and O–H groups in total. The van der Waals surface area contributed by atoms with Crippen molar-refractivity contribution in [2.75, 3.05) is 0 Å². The average Bonchev–Trinajstić information content (AvgIpc) is 2.32. The number of aliphatic hydroxyl groups excluding tert-OH is 1. The van der Waals surface area contributed by atoms with Gasteiger partial charge in [0, 0.05) is 7.05 Å². The molecule has 0 saturated heterocycles. The second-order valence-corrected chi connectivity index (χ2v) is 2.94. The van der Waals surface area contributed by atoms with Crippen molar-refractivity contribution in [2.24, 2.45) is 7.05 Å². The van der Waals surface area contributed by atoms with Gasteiger partial charge in [-0.1, -0.05) is 11.1 Å². The molecular weight excluding hydrogens is 222 g/mol. The zero-order chi connectivity index (χ0) is 9.14. The van der Waals surface area contributed by atoms with E-state index in [1.807, 2.05) is 0 Å². The van der Waals surface area contributed by atoms with Crippen molar-refractivity contribution < 1.29 is 5.11 Å². The molecule has 1 aromatic heterocycles. The van der Waals surface area contributed by atoms with Crippen LogP contribution in [0.2, 0.25) is 0 Å². The Morgan fingerprint density at radius 1 is 1.67 bits per heavy atom. The van der Waals surface area contributed by atoms with Crippen LogP contribution in [0.25, 0.3) is 0 Å². The highest BCUT2D eigenvalue weighted by atomic mass is 79.9. The van der Waals surface area contributed by atoms with Crippen molar-refractivity contribution in [1.29, 1.82) is 0 Å². The first-order valence-corrected chi connectivity index (χ1v) is 4.11. The number of halogens is 1. The second kappa shape index (κ2) is 3.70. The first-order valence-electron chi connectivity index (χ1n) is 3.32. The molecule has 0 aliphatic rings. The van der Waals surface area contributed by atoms with Crippen molar-refractivity contribution in [2.45, 2.75) is 13.0 Å². The summed E-state index contributed by atoms with van der Waals surface area (Å²) in [5, 5.41) is 16.9. The smallest absolute Gasteiger partial charge is 0.159 e. The van der Waals surface area contributed by atoms with Crippen LogP contribution in [-0.2, 0) is 7.05 Å². The van der Waals surface area contributed by atoms with E-state index in [1.165, 1.54) is 4.68 Å². The first kappa shape index (κ1) is 9.23. The maximum atomic E-state index is 9.47. The molecule has 1 rings (SSSR count). The van der Waals surface area contributed by atoms with Gasteiger partial charge in [-0.3, -0.25) is 0 Å². The zero-order valence-corrected chi connectivity index (χ0v) is 8.33. The molecule has 5 heteroatoms. The summed E-state index contributed by atoms with van der Waals surface area (Å²) >= 11 is 3.17. The van der Waals surface area contributed by atoms with Crippen molar-refractivity contribution in [3.63, 3.8) is 0 Å². The second-order valence-electron chi connectivity index (χ2n) is 2.19. The Balaban J connectivity index is 3.05. The summed E-state index contributed by atoms with van der Waals surface area (Å²) in [6, 6.07) is 0. The predicted molar refractivity (Wildman–Crippen MR) is 47.1 cm³/mol. The van der Waals surface area contributed by atoms with Crippen LogP contribution in [0.15, 0.2) is 4.60 Å². The largest absolute Gasteiger partial charge is 0.374 e. The van der Waals surface area contributed by atoms with Crippen LogP contribution in [0.1, 0.15) is 18.7 Å². The Kier molecular flexibility index (Phi) is 2.84. The van der Waals surface area contributed by atoms with Crippen molar-refractivity contribution >= 4 is 15.9 Å². The van der Waals surface area contributed by atoms with Crippen LogP contribution in [0, 0.1) is 11.8 Å². The number of hydrogen-bond acceptors (Lipinski definition) is 3. The Bertz CT molecular complexity index is 317. The summed E-state index contributed by atoms with van der Waals surface area (Å²) in [5.41, 5.74) is 0.573. The molecule has 4 nitrogen and oxygen atoms in total. The number of aromatic nitrogens is 3. The molecule has 64 valence electrons. The van der Waals surface area contributed by atoms with Gasteiger partial charge in [0.25, 0.3) is 0 Å². The zero-order valence-electron chi connectivity index (χ0n) is 6.74. The molecule has 0 bridgehead atoms. The van der Waals surface area contributed by atoms with E-state index in [0.717, 1.165) is 0 Å². The summed E-state index contributed by atoms with van der Waals surface area (Å²) in [6.45, 7) is 1.67. The molecule has 0 aromatic carbocycles. The van der Waals surface area contributed by atoms with Gasteiger partial charge >= 0.3 is 0 Å². The molecule has 1 unspecified atom stereocenters. The molecule has 1 atom stereocenters. The van der Waals surface area contributed by atoms with Crippen molar-refractivity contribution in [3.8, 4) is 11.8 Å². The fourth-order valence-corrected chi connectivity index (χ4v) is 1.38. The van der Waals surface area contributed by atoms with Crippen molar-refractivity contribution in [3.05, 3.63) is 10.3 Å². The van der Waals surface area contributed by atoms with E-state index in [2.05, 4.69) is 38.1 Å². The maximum absolute atomic E-state index is 9.47. The summed E-state index contributed by atoms with van der Waals surface area (Å²) in [5.74, 6) is 5.22. The number of rotatable bonds is 1. The average molecular weight is 230 g/mol. The van der Waals surface area contributed by atoms with Crippen LogP contribution in [0.5, 0.6) is 0 Å². The number of hydrogen-bond donors (Lipinski definition) is 1. The molecule has 1 aromatic rings. The molecule has 0 saturated carbocycles. The van der Waals surface area contributed by atoms with E-state index in [4.69, 9.17) is 0 Å². The molecule has 0 fully saturated rings. The van der Waals surface area contributed by atoms with Gasteiger partial charge in [-0.15, -0.1) is 11.0 Å². The molecule has 0 radical (unpaired) electrons. The lowest BCUT2D eigenvalue weighted by Gasteiger charge is -2.02. The molecular formula is C7H8BrN3O. The van der Waals surface area contributed by atoms with Gasteiger partial charge in [-0.2, -0.15) is 0 Å². The van der Waals surface area contributed by atoms with E-state index >= 15 is 0 Å². The third-order valence-electron chi connectivity index (χ3n) is 1.37. The minimum atomic E-state index is -0.829. The lowest BCUT2D eigenvalue weighted by atomic mass is 10.3. The van der Waals surface area contributed by atoms with E-state index in [-0.39, 0.29) is 0 Å². The van der Waals surface area contributed by atoms with Gasteiger partial charge in [-0.05, 0) is 22.9 Å². The summed E-state index contributed by atoms with van der Waals surface area (Å²) in [7, 11) is 1.70. The summed E-state index contributed by atoms with van der Waals surface area (Å²) in [4.78, 5) is 0. The fourth-order valence-electron chi connectivity index (χ4n) is 0.834. The summed E-state index contributed by atoms with van der Waals surface area (Å²) < 4.78 is 2.01. The van der Waals surface area contributed by atoms with E-state index in [0.29, 0.717) is 10.3 Å². The lowest BCUT2D eigenvalue weighted by Crippen LogP contribution is -2.03. The maximum Gasteiger partial charge on any atom is 0.159 e. The van der Waals surface area contributed by atoms with Gasteiger partial charge in [0.1, 0.15) is 5.69 Å². The Labute approximate surface area is 78.7 Å². The summed E-state index contributed by atoms with van der Waals surface area (Å²) in [6.07, 6.45) is -0.829. The Morgan fingerprint density at radius 3 is 2.75 bits per heavy atom. The molecule has 0 spiro atoms. The fraction of sp³-hybridized carbons (Fsp3) is 0.429. The normalized spacial score (nSPS) is 12.0. The first-order chi connectivity index (χ1) is 5.66. The predicted octanol–water partition coefficient (Wildman–Crippen LogP) is 0.634. The topological polar surface area (TPSA) is 50.9 Å². The standard InChI is InChI=1S/C7H8BrN3O/c1-3-4-5(12)6-7(8)9-10-11(6)2/h5,12H,1-2H3. The van der Waals surface area contributed by atoms with Crippen LogP contribution in [0.3, 0.4) is 0 Å².